The molecule has 0 aromatic carbocycles. The highest BCUT2D eigenvalue weighted by Gasteiger charge is 2.32. The first-order chi connectivity index (χ1) is 16.1. The van der Waals surface area contributed by atoms with Crippen LogP contribution >= 0.6 is 0 Å². The van der Waals surface area contributed by atoms with E-state index in [0.29, 0.717) is 52.7 Å². The van der Waals surface area contributed by atoms with Crippen LogP contribution in [0.5, 0.6) is 0 Å². The molecule has 0 heterocycles. The Morgan fingerprint density at radius 3 is 1.86 bits per heavy atom. The minimum Gasteiger partial charge on any atom is -0.380 e. The Hall–Kier alpha value is -1.22. The molecule has 0 saturated carbocycles. The average molecular weight is 503 g/mol. The summed E-state index contributed by atoms with van der Waals surface area (Å²) in [6, 6.07) is 0. The lowest BCUT2D eigenvalue weighted by Gasteiger charge is -2.33. The highest BCUT2D eigenvalue weighted by Crippen LogP contribution is 2.25. The van der Waals surface area contributed by atoms with Crippen molar-refractivity contribution in [1.29, 1.82) is 0 Å². The molecule has 2 amide bonds. The van der Waals surface area contributed by atoms with Crippen molar-refractivity contribution < 1.29 is 28.5 Å². The number of carbonyl (C=O) groups excluding carboxylic acids is 2. The van der Waals surface area contributed by atoms with Crippen molar-refractivity contribution in [3.63, 3.8) is 0 Å². The molecule has 0 aliphatic carbocycles. The van der Waals surface area contributed by atoms with Gasteiger partial charge in [-0.25, -0.2) is 0 Å². The predicted octanol–water partition coefficient (Wildman–Crippen LogP) is 3.82. The van der Waals surface area contributed by atoms with Gasteiger partial charge in [0, 0.05) is 31.0 Å². The number of hydrogen-bond acceptors (Lipinski definition) is 6. The van der Waals surface area contributed by atoms with Crippen molar-refractivity contribution in [2.24, 2.45) is 21.7 Å². The molecule has 0 aromatic rings. The summed E-state index contributed by atoms with van der Waals surface area (Å²) in [5, 5.41) is 5.85. The Labute approximate surface area is 214 Å². The van der Waals surface area contributed by atoms with E-state index in [4.69, 9.17) is 18.9 Å². The van der Waals surface area contributed by atoms with Gasteiger partial charge in [0.2, 0.25) is 11.8 Å². The molecule has 2 N–H and O–H groups in total. The first kappa shape index (κ1) is 33.8. The number of carbonyl (C=O) groups is 2. The summed E-state index contributed by atoms with van der Waals surface area (Å²) in [6.45, 7) is 22.9. The SMILES string of the molecule is CCC(C)(C)COCC(C)(C)C(=O)NCC(C)(CC)COCC(C)(C)COCCNC(=O)COC. The Morgan fingerprint density at radius 2 is 1.29 bits per heavy atom. The van der Waals surface area contributed by atoms with Crippen LogP contribution in [0.4, 0.5) is 0 Å². The zero-order valence-electron chi connectivity index (χ0n) is 24.2. The van der Waals surface area contributed by atoms with Crippen molar-refractivity contribution >= 4 is 11.8 Å². The molecular weight excluding hydrogens is 448 g/mol. The molecule has 0 radical (unpaired) electrons. The Kier molecular flexibility index (Phi) is 15.2. The normalized spacial score (nSPS) is 14.5. The molecule has 0 rings (SSSR count). The van der Waals surface area contributed by atoms with Gasteiger partial charge < -0.3 is 29.6 Å². The number of rotatable bonds is 20. The van der Waals surface area contributed by atoms with Gasteiger partial charge in [0.05, 0.1) is 45.1 Å². The molecular formula is C27H54N2O6. The third-order valence-electron chi connectivity index (χ3n) is 6.34. The van der Waals surface area contributed by atoms with Crippen LogP contribution in [0.3, 0.4) is 0 Å². The van der Waals surface area contributed by atoms with Crippen LogP contribution in [0, 0.1) is 21.7 Å². The summed E-state index contributed by atoms with van der Waals surface area (Å²) in [4.78, 5) is 24.2. The summed E-state index contributed by atoms with van der Waals surface area (Å²) >= 11 is 0. The third kappa shape index (κ3) is 15.5. The topological polar surface area (TPSA) is 95.1 Å². The molecule has 1 unspecified atom stereocenters. The van der Waals surface area contributed by atoms with E-state index in [1.54, 1.807) is 0 Å². The van der Waals surface area contributed by atoms with E-state index in [0.717, 1.165) is 12.8 Å². The van der Waals surface area contributed by atoms with Crippen LogP contribution < -0.4 is 10.6 Å². The summed E-state index contributed by atoms with van der Waals surface area (Å²) in [7, 11) is 1.49. The summed E-state index contributed by atoms with van der Waals surface area (Å²) < 4.78 is 22.4. The number of ether oxygens (including phenoxy) is 4. The fraction of sp³-hybridized carbons (Fsp3) is 0.926. The highest BCUT2D eigenvalue weighted by molar-refractivity contribution is 5.82. The van der Waals surface area contributed by atoms with Gasteiger partial charge in [-0.2, -0.15) is 0 Å². The maximum absolute atomic E-state index is 12.9. The van der Waals surface area contributed by atoms with Crippen LogP contribution in [0.15, 0.2) is 0 Å². The lowest BCUT2D eigenvalue weighted by atomic mass is 9.87. The Morgan fingerprint density at radius 1 is 0.714 bits per heavy atom. The smallest absolute Gasteiger partial charge is 0.246 e. The van der Waals surface area contributed by atoms with Crippen LogP contribution in [-0.2, 0) is 28.5 Å². The van der Waals surface area contributed by atoms with Gasteiger partial charge in [-0.1, -0.05) is 48.5 Å². The number of hydrogen-bond donors (Lipinski definition) is 2. The molecule has 208 valence electrons. The van der Waals surface area contributed by atoms with Gasteiger partial charge in [-0.05, 0) is 32.1 Å². The third-order valence-corrected chi connectivity index (χ3v) is 6.34. The largest absolute Gasteiger partial charge is 0.380 e. The van der Waals surface area contributed by atoms with E-state index in [-0.39, 0.29) is 34.7 Å². The first-order valence-corrected chi connectivity index (χ1v) is 12.9. The minimum absolute atomic E-state index is 0.00204. The Balaban J connectivity index is 4.41. The summed E-state index contributed by atoms with van der Waals surface area (Å²) in [5.74, 6) is -0.154. The molecule has 35 heavy (non-hydrogen) atoms. The van der Waals surface area contributed by atoms with Crippen LogP contribution in [0.2, 0.25) is 0 Å². The van der Waals surface area contributed by atoms with Crippen molar-refractivity contribution in [3.05, 3.63) is 0 Å². The lowest BCUT2D eigenvalue weighted by Crippen LogP contribution is -2.46. The molecule has 0 aliphatic rings. The van der Waals surface area contributed by atoms with E-state index < -0.39 is 5.41 Å². The van der Waals surface area contributed by atoms with Crippen molar-refractivity contribution in [2.45, 2.75) is 75.2 Å². The lowest BCUT2D eigenvalue weighted by molar-refractivity contribution is -0.134. The monoisotopic (exact) mass is 502 g/mol. The van der Waals surface area contributed by atoms with Crippen LogP contribution in [-0.4, -0.2) is 78.3 Å². The second-order valence-corrected chi connectivity index (χ2v) is 12.2. The maximum atomic E-state index is 12.9. The maximum Gasteiger partial charge on any atom is 0.246 e. The average Bonchev–Trinajstić information content (AvgIpc) is 2.77. The van der Waals surface area contributed by atoms with Crippen molar-refractivity contribution in [2.75, 3.05) is 66.4 Å². The zero-order chi connectivity index (χ0) is 27.2. The van der Waals surface area contributed by atoms with E-state index in [1.165, 1.54) is 7.11 Å². The minimum atomic E-state index is -0.596. The standard InChI is InChI=1S/C27H54N2O6/c1-11-24(3,4)17-34-20-26(7,8)23(31)29-16-27(9,12-2)21-35-19-25(5,6)18-33-14-13-28-22(30)15-32-10/h11-21H2,1-10H3,(H,28,30)(H,29,31). The van der Waals surface area contributed by atoms with E-state index in [2.05, 4.69) is 59.1 Å². The van der Waals surface area contributed by atoms with Gasteiger partial charge in [0.1, 0.15) is 6.61 Å². The molecule has 1 atom stereocenters. The fourth-order valence-electron chi connectivity index (χ4n) is 2.97. The summed E-state index contributed by atoms with van der Waals surface area (Å²) in [6.07, 6.45) is 1.91. The van der Waals surface area contributed by atoms with E-state index in [9.17, 15) is 9.59 Å². The molecule has 0 saturated heterocycles. The first-order valence-electron chi connectivity index (χ1n) is 12.9. The molecule has 0 spiro atoms. The second-order valence-electron chi connectivity index (χ2n) is 12.2. The zero-order valence-corrected chi connectivity index (χ0v) is 24.2. The summed E-state index contributed by atoms with van der Waals surface area (Å²) in [5.41, 5.74) is -0.815. The molecule has 0 bridgehead atoms. The number of methoxy groups -OCH3 is 1. The highest BCUT2D eigenvalue weighted by atomic mass is 16.5. The van der Waals surface area contributed by atoms with E-state index in [1.807, 2.05) is 13.8 Å². The molecule has 0 aromatic heterocycles. The number of amides is 2. The van der Waals surface area contributed by atoms with Crippen LogP contribution in [0.25, 0.3) is 0 Å². The molecule has 8 heteroatoms. The van der Waals surface area contributed by atoms with Gasteiger partial charge in [-0.15, -0.1) is 0 Å². The predicted molar refractivity (Wildman–Crippen MR) is 140 cm³/mol. The van der Waals surface area contributed by atoms with Gasteiger partial charge in [-0.3, -0.25) is 9.59 Å². The molecule has 0 fully saturated rings. The van der Waals surface area contributed by atoms with Gasteiger partial charge in [0.15, 0.2) is 0 Å². The van der Waals surface area contributed by atoms with Crippen molar-refractivity contribution in [3.8, 4) is 0 Å². The van der Waals surface area contributed by atoms with Gasteiger partial charge in [0.25, 0.3) is 0 Å². The quantitative estimate of drug-likeness (QED) is 0.246. The van der Waals surface area contributed by atoms with Crippen molar-refractivity contribution in [1.82, 2.24) is 10.6 Å². The fourth-order valence-corrected chi connectivity index (χ4v) is 2.97. The van der Waals surface area contributed by atoms with Gasteiger partial charge >= 0.3 is 0 Å². The Bertz CT molecular complexity index is 621. The molecule has 0 aliphatic heterocycles. The number of nitrogens with one attached hydrogen (secondary N) is 2. The molecule has 8 nitrogen and oxygen atoms in total. The van der Waals surface area contributed by atoms with Crippen LogP contribution in [0.1, 0.15) is 75.2 Å². The second kappa shape index (κ2) is 15.8. The van der Waals surface area contributed by atoms with E-state index >= 15 is 0 Å².